The van der Waals surface area contributed by atoms with Crippen LogP contribution in [0.5, 0.6) is 0 Å². The molecule has 3 aromatic rings. The molecular weight excluding hydrogens is 354 g/mol. The lowest BCUT2D eigenvalue weighted by atomic mass is 10.2. The second kappa shape index (κ2) is 7.55. The Morgan fingerprint density at radius 3 is 2.71 bits per heavy atom. The van der Waals surface area contributed by atoms with Crippen LogP contribution in [0.15, 0.2) is 59.0 Å². The average Bonchev–Trinajstić information content (AvgIpc) is 3.01. The summed E-state index contributed by atoms with van der Waals surface area (Å²) in [5.74, 6) is -0.647. The summed E-state index contributed by atoms with van der Waals surface area (Å²) in [5, 5.41) is 13.1. The van der Waals surface area contributed by atoms with Gasteiger partial charge in [-0.3, -0.25) is 0 Å². The predicted octanol–water partition coefficient (Wildman–Crippen LogP) is 4.38. The number of benzene rings is 2. The fraction of sp³-hybridized carbons (Fsp3) is 0.0625. The third kappa shape index (κ3) is 4.18. The molecule has 0 bridgehead atoms. The fourth-order valence-corrected chi connectivity index (χ4v) is 2.80. The number of nitrogens with zero attached hydrogens (tertiary/aromatic N) is 4. The molecule has 122 valence electrons. The molecule has 0 atom stereocenters. The molecule has 2 aromatic carbocycles. The number of thioether (sulfide) groups is 1. The van der Waals surface area contributed by atoms with Crippen molar-refractivity contribution < 1.29 is 8.78 Å². The van der Waals surface area contributed by atoms with E-state index in [9.17, 15) is 8.78 Å². The summed E-state index contributed by atoms with van der Waals surface area (Å²) in [7, 11) is 0. The summed E-state index contributed by atoms with van der Waals surface area (Å²) < 4.78 is 27.9. The lowest BCUT2D eigenvalue weighted by molar-refractivity contribution is 0.582. The molecule has 1 aromatic heterocycles. The van der Waals surface area contributed by atoms with Crippen molar-refractivity contribution in [3.05, 3.63) is 76.6 Å². The lowest BCUT2D eigenvalue weighted by Gasteiger charge is -2.02. The van der Waals surface area contributed by atoms with E-state index in [2.05, 4.69) is 15.3 Å². The highest BCUT2D eigenvalue weighted by molar-refractivity contribution is 7.98. The van der Waals surface area contributed by atoms with Crippen molar-refractivity contribution in [2.75, 3.05) is 0 Å². The van der Waals surface area contributed by atoms with Gasteiger partial charge in [-0.15, -0.1) is 10.2 Å². The topological polar surface area (TPSA) is 43.1 Å². The number of hydrogen-bond donors (Lipinski definition) is 0. The van der Waals surface area contributed by atoms with E-state index in [0.29, 0.717) is 15.9 Å². The van der Waals surface area contributed by atoms with E-state index in [1.54, 1.807) is 0 Å². The van der Waals surface area contributed by atoms with Crippen LogP contribution in [-0.2, 0) is 5.75 Å². The minimum Gasteiger partial charge on any atom is -0.207 e. The first-order valence-corrected chi connectivity index (χ1v) is 8.25. The highest BCUT2D eigenvalue weighted by Gasteiger charge is 2.06. The molecule has 0 spiro atoms. The van der Waals surface area contributed by atoms with Gasteiger partial charge in [0.2, 0.25) is 5.16 Å². The number of halogens is 3. The van der Waals surface area contributed by atoms with Crippen LogP contribution >= 0.6 is 23.4 Å². The lowest BCUT2D eigenvalue weighted by Crippen LogP contribution is -1.95. The highest BCUT2D eigenvalue weighted by atomic mass is 35.5. The molecule has 0 N–H and O–H groups in total. The second-order valence-corrected chi connectivity index (χ2v) is 6.16. The first kappa shape index (κ1) is 16.6. The van der Waals surface area contributed by atoms with Crippen LogP contribution in [0.4, 0.5) is 8.78 Å². The summed E-state index contributed by atoms with van der Waals surface area (Å²) in [6, 6.07) is 10.8. The zero-order chi connectivity index (χ0) is 16.9. The minimum atomic E-state index is -0.679. The maximum atomic E-state index is 13.6. The Labute approximate surface area is 146 Å². The van der Waals surface area contributed by atoms with E-state index < -0.39 is 11.6 Å². The molecule has 3 rings (SSSR count). The summed E-state index contributed by atoms with van der Waals surface area (Å²) in [6.07, 6.45) is 2.71. The van der Waals surface area contributed by atoms with Crippen LogP contribution in [0, 0.1) is 11.6 Å². The molecular formula is C16H11ClF2N4S. The van der Waals surface area contributed by atoms with E-state index in [-0.39, 0.29) is 5.56 Å². The Balaban J connectivity index is 1.70. The van der Waals surface area contributed by atoms with Crippen LogP contribution in [-0.4, -0.2) is 21.1 Å². The van der Waals surface area contributed by atoms with E-state index in [0.717, 1.165) is 11.6 Å². The molecule has 4 nitrogen and oxygen atoms in total. The van der Waals surface area contributed by atoms with E-state index >= 15 is 0 Å². The van der Waals surface area contributed by atoms with Gasteiger partial charge in [0.1, 0.15) is 18.0 Å². The summed E-state index contributed by atoms with van der Waals surface area (Å²) in [5.41, 5.74) is 1.26. The van der Waals surface area contributed by atoms with Crippen LogP contribution < -0.4 is 0 Å². The highest BCUT2D eigenvalue weighted by Crippen LogP contribution is 2.21. The molecule has 0 aliphatic rings. The number of rotatable bonds is 5. The molecule has 1 heterocycles. The van der Waals surface area contributed by atoms with Gasteiger partial charge in [0.25, 0.3) is 0 Å². The first-order valence-electron chi connectivity index (χ1n) is 6.88. The fourth-order valence-electron chi connectivity index (χ4n) is 1.85. The maximum absolute atomic E-state index is 13.6. The molecule has 0 saturated heterocycles. The normalized spacial score (nSPS) is 11.3. The Morgan fingerprint density at radius 2 is 1.96 bits per heavy atom. The van der Waals surface area contributed by atoms with Gasteiger partial charge in [-0.05, 0) is 29.8 Å². The summed E-state index contributed by atoms with van der Waals surface area (Å²) in [4.78, 5) is 0. The molecule has 0 unspecified atom stereocenters. The molecule has 0 saturated carbocycles. The zero-order valence-electron chi connectivity index (χ0n) is 12.2. The minimum absolute atomic E-state index is 0.179. The Morgan fingerprint density at radius 1 is 1.17 bits per heavy atom. The second-order valence-electron chi connectivity index (χ2n) is 4.78. The van der Waals surface area contributed by atoms with Crippen LogP contribution in [0.3, 0.4) is 0 Å². The molecule has 0 aliphatic carbocycles. The molecule has 0 radical (unpaired) electrons. The Bertz CT molecular complexity index is 865. The number of hydrogen-bond acceptors (Lipinski definition) is 4. The molecule has 24 heavy (non-hydrogen) atoms. The van der Waals surface area contributed by atoms with Gasteiger partial charge in [-0.2, -0.15) is 9.78 Å². The van der Waals surface area contributed by atoms with Crippen molar-refractivity contribution in [1.29, 1.82) is 0 Å². The van der Waals surface area contributed by atoms with Gasteiger partial charge in [-0.1, -0.05) is 35.5 Å². The predicted molar refractivity (Wildman–Crippen MR) is 90.4 cm³/mol. The standard InChI is InChI=1S/C16H11ClF2N4S/c17-13-4-1-11(2-5-13)9-24-16-22-20-10-23(16)21-8-12-3-6-14(18)7-15(12)19/h1-8,10H,9H2/b21-8-. The molecule has 8 heteroatoms. The first-order chi connectivity index (χ1) is 11.6. The van der Waals surface area contributed by atoms with Crippen molar-refractivity contribution in [3.8, 4) is 0 Å². The van der Waals surface area contributed by atoms with Gasteiger partial charge < -0.3 is 0 Å². The maximum Gasteiger partial charge on any atom is 0.212 e. The monoisotopic (exact) mass is 364 g/mol. The summed E-state index contributed by atoms with van der Waals surface area (Å²) in [6.45, 7) is 0. The Hall–Kier alpha value is -2.25. The smallest absolute Gasteiger partial charge is 0.207 e. The largest absolute Gasteiger partial charge is 0.212 e. The number of aromatic nitrogens is 3. The van der Waals surface area contributed by atoms with E-state index in [1.165, 1.54) is 41.1 Å². The van der Waals surface area contributed by atoms with Crippen molar-refractivity contribution in [1.82, 2.24) is 14.9 Å². The quantitative estimate of drug-likeness (QED) is 0.498. The molecule has 0 fully saturated rings. The van der Waals surface area contributed by atoms with Gasteiger partial charge in [0.15, 0.2) is 0 Å². The Kier molecular flexibility index (Phi) is 5.22. The third-order valence-electron chi connectivity index (χ3n) is 3.07. The van der Waals surface area contributed by atoms with Crippen LogP contribution in [0.1, 0.15) is 11.1 Å². The SMILES string of the molecule is Fc1ccc(/C=N\n2cnnc2SCc2ccc(Cl)cc2)c(F)c1. The van der Waals surface area contributed by atoms with E-state index in [1.807, 2.05) is 24.3 Å². The van der Waals surface area contributed by atoms with Gasteiger partial charge in [0, 0.05) is 22.4 Å². The van der Waals surface area contributed by atoms with E-state index in [4.69, 9.17) is 11.6 Å². The third-order valence-corrected chi connectivity index (χ3v) is 4.32. The zero-order valence-corrected chi connectivity index (χ0v) is 13.8. The van der Waals surface area contributed by atoms with Gasteiger partial charge in [0.05, 0.1) is 6.21 Å². The molecule has 0 aliphatic heterocycles. The average molecular weight is 365 g/mol. The van der Waals surface area contributed by atoms with Crippen LogP contribution in [0.2, 0.25) is 5.02 Å². The van der Waals surface area contributed by atoms with Gasteiger partial charge in [-0.25, -0.2) is 8.78 Å². The van der Waals surface area contributed by atoms with Gasteiger partial charge >= 0.3 is 0 Å². The van der Waals surface area contributed by atoms with Crippen molar-refractivity contribution in [3.63, 3.8) is 0 Å². The van der Waals surface area contributed by atoms with Crippen LogP contribution in [0.25, 0.3) is 0 Å². The van der Waals surface area contributed by atoms with Crippen molar-refractivity contribution >= 4 is 29.6 Å². The molecule has 0 amide bonds. The van der Waals surface area contributed by atoms with Crippen molar-refractivity contribution in [2.24, 2.45) is 5.10 Å². The van der Waals surface area contributed by atoms with Crippen molar-refractivity contribution in [2.45, 2.75) is 10.9 Å². The summed E-state index contributed by atoms with van der Waals surface area (Å²) >= 11 is 7.29.